The maximum absolute atomic E-state index is 10.3. The zero-order valence-corrected chi connectivity index (χ0v) is 6.45. The molecule has 0 aromatic rings. The van der Waals surface area contributed by atoms with Crippen LogP contribution in [0.25, 0.3) is 0 Å². The molecule has 64 valence electrons. The summed E-state index contributed by atoms with van der Waals surface area (Å²) in [7, 11) is 0. The van der Waals surface area contributed by atoms with Crippen LogP contribution in [0.3, 0.4) is 0 Å². The lowest BCUT2D eigenvalue weighted by Crippen LogP contribution is -2.36. The van der Waals surface area contributed by atoms with Gasteiger partial charge in [0.2, 0.25) is 0 Å². The number of hydrogen-bond acceptors (Lipinski definition) is 3. The quantitative estimate of drug-likeness (QED) is 0.638. The summed E-state index contributed by atoms with van der Waals surface area (Å²) in [5, 5.41) is 8.45. The molecule has 0 atom stereocenters. The molecule has 1 rings (SSSR count). The van der Waals surface area contributed by atoms with Crippen molar-refractivity contribution in [2.75, 3.05) is 13.2 Å². The number of carboxylic acids is 1. The highest BCUT2D eigenvalue weighted by Gasteiger charge is 2.26. The number of hydrogen-bond donors (Lipinski definition) is 1. The van der Waals surface area contributed by atoms with E-state index in [-0.39, 0.29) is 0 Å². The number of aliphatic carboxylic acids is 1. The fraction of sp³-hybridized carbons (Fsp3) is 0.857. The van der Waals surface area contributed by atoms with E-state index in [0.29, 0.717) is 19.1 Å². The molecule has 1 saturated heterocycles. The summed E-state index contributed by atoms with van der Waals surface area (Å²) in [6.07, 6.45) is -0.0791. The van der Waals surface area contributed by atoms with Crippen molar-refractivity contribution >= 4 is 5.97 Å². The molecule has 0 aromatic carbocycles. The molecule has 1 aliphatic heterocycles. The average molecular weight is 160 g/mol. The van der Waals surface area contributed by atoms with E-state index < -0.39 is 12.3 Å². The third kappa shape index (κ3) is 2.17. The van der Waals surface area contributed by atoms with Gasteiger partial charge in [-0.3, -0.25) is 0 Å². The zero-order chi connectivity index (χ0) is 8.27. The molecule has 4 heteroatoms. The monoisotopic (exact) mass is 160 g/mol. The molecule has 1 N–H and O–H groups in total. The lowest BCUT2D eigenvalue weighted by atomic mass is 10.1. The van der Waals surface area contributed by atoms with Crippen LogP contribution in [0.15, 0.2) is 0 Å². The van der Waals surface area contributed by atoms with Gasteiger partial charge in [0.15, 0.2) is 0 Å². The summed E-state index contributed by atoms with van der Waals surface area (Å²) in [6.45, 7) is 3.01. The standard InChI is InChI=1S/C7H12O4/c1-2-5-3-10-7(6(8)9)11-4-5/h5,7H,2-4H2,1H3,(H,8,9). The molecule has 0 unspecified atom stereocenters. The van der Waals surface area contributed by atoms with Crippen LogP contribution in [0, 0.1) is 5.92 Å². The molecular formula is C7H12O4. The normalized spacial score (nSPS) is 31.7. The Balaban J connectivity index is 2.30. The van der Waals surface area contributed by atoms with Gasteiger partial charge in [0.1, 0.15) is 0 Å². The van der Waals surface area contributed by atoms with Crippen molar-refractivity contribution in [3.05, 3.63) is 0 Å². The maximum atomic E-state index is 10.3. The minimum absolute atomic E-state index is 0.352. The Bertz CT molecular complexity index is 137. The molecule has 0 aliphatic carbocycles. The highest BCUT2D eigenvalue weighted by atomic mass is 16.7. The Morgan fingerprint density at radius 1 is 1.55 bits per heavy atom. The molecule has 0 saturated carbocycles. The van der Waals surface area contributed by atoms with E-state index in [9.17, 15) is 4.79 Å². The van der Waals surface area contributed by atoms with Gasteiger partial charge in [-0.1, -0.05) is 6.92 Å². The fourth-order valence-electron chi connectivity index (χ4n) is 0.921. The molecule has 11 heavy (non-hydrogen) atoms. The number of rotatable bonds is 2. The molecule has 0 radical (unpaired) electrons. The lowest BCUT2D eigenvalue weighted by molar-refractivity contribution is -0.217. The topological polar surface area (TPSA) is 55.8 Å². The summed E-state index contributed by atoms with van der Waals surface area (Å²) in [6, 6.07) is 0. The van der Waals surface area contributed by atoms with Crippen LogP contribution >= 0.6 is 0 Å². The average Bonchev–Trinajstić information content (AvgIpc) is 2.05. The summed E-state index contributed by atoms with van der Waals surface area (Å²) >= 11 is 0. The molecule has 1 fully saturated rings. The van der Waals surface area contributed by atoms with Gasteiger partial charge in [0, 0.05) is 5.92 Å². The van der Waals surface area contributed by atoms with Gasteiger partial charge < -0.3 is 14.6 Å². The van der Waals surface area contributed by atoms with Crippen LogP contribution in [0.5, 0.6) is 0 Å². The van der Waals surface area contributed by atoms with Crippen molar-refractivity contribution < 1.29 is 19.4 Å². The molecule has 1 aliphatic rings. The van der Waals surface area contributed by atoms with Crippen molar-refractivity contribution in [2.24, 2.45) is 5.92 Å². The van der Waals surface area contributed by atoms with Crippen molar-refractivity contribution in [3.63, 3.8) is 0 Å². The number of carbonyl (C=O) groups is 1. The van der Waals surface area contributed by atoms with E-state index in [1.54, 1.807) is 0 Å². The molecule has 1 heterocycles. The van der Waals surface area contributed by atoms with Crippen molar-refractivity contribution in [2.45, 2.75) is 19.6 Å². The third-order valence-electron chi connectivity index (χ3n) is 1.75. The third-order valence-corrected chi connectivity index (χ3v) is 1.75. The molecule has 4 nitrogen and oxygen atoms in total. The van der Waals surface area contributed by atoms with E-state index in [0.717, 1.165) is 6.42 Å². The van der Waals surface area contributed by atoms with Gasteiger partial charge in [-0.25, -0.2) is 4.79 Å². The summed E-state index contributed by atoms with van der Waals surface area (Å²) < 4.78 is 9.84. The highest BCUT2D eigenvalue weighted by molar-refractivity contribution is 5.70. The van der Waals surface area contributed by atoms with Crippen molar-refractivity contribution in [1.29, 1.82) is 0 Å². The van der Waals surface area contributed by atoms with Gasteiger partial charge in [-0.2, -0.15) is 0 Å². The van der Waals surface area contributed by atoms with E-state index in [2.05, 4.69) is 0 Å². The Morgan fingerprint density at radius 3 is 2.45 bits per heavy atom. The minimum Gasteiger partial charge on any atom is -0.477 e. The molecule has 0 aromatic heterocycles. The Kier molecular flexibility index (Phi) is 2.84. The molecule has 0 amide bonds. The Hall–Kier alpha value is -0.610. The van der Waals surface area contributed by atoms with Gasteiger partial charge >= 0.3 is 5.97 Å². The fourth-order valence-corrected chi connectivity index (χ4v) is 0.921. The summed E-state index contributed by atoms with van der Waals surface area (Å²) in [5.41, 5.74) is 0. The van der Waals surface area contributed by atoms with Gasteiger partial charge in [0.25, 0.3) is 6.29 Å². The lowest BCUT2D eigenvalue weighted by Gasteiger charge is -2.25. The van der Waals surface area contributed by atoms with Gasteiger partial charge in [0.05, 0.1) is 13.2 Å². The van der Waals surface area contributed by atoms with Crippen LogP contribution in [-0.4, -0.2) is 30.6 Å². The Labute approximate surface area is 65.1 Å². The summed E-state index contributed by atoms with van der Waals surface area (Å²) in [5.74, 6) is -0.690. The highest BCUT2D eigenvalue weighted by Crippen LogP contribution is 2.13. The predicted molar refractivity (Wildman–Crippen MR) is 37.1 cm³/mol. The number of ether oxygens (including phenoxy) is 2. The van der Waals surface area contributed by atoms with Gasteiger partial charge in [-0.05, 0) is 6.42 Å². The second-order valence-electron chi connectivity index (χ2n) is 2.61. The van der Waals surface area contributed by atoms with Crippen LogP contribution in [0.4, 0.5) is 0 Å². The smallest absolute Gasteiger partial charge is 0.361 e. The van der Waals surface area contributed by atoms with Crippen LogP contribution in [0.2, 0.25) is 0 Å². The van der Waals surface area contributed by atoms with Crippen molar-refractivity contribution in [1.82, 2.24) is 0 Å². The molecule has 0 spiro atoms. The molecular weight excluding hydrogens is 148 g/mol. The van der Waals surface area contributed by atoms with Crippen LogP contribution < -0.4 is 0 Å². The first-order chi connectivity index (χ1) is 5.24. The predicted octanol–water partition coefficient (Wildman–Crippen LogP) is 0.470. The maximum Gasteiger partial charge on any atom is 0.361 e. The van der Waals surface area contributed by atoms with Crippen LogP contribution in [-0.2, 0) is 14.3 Å². The minimum atomic E-state index is -1.04. The first-order valence-corrected chi connectivity index (χ1v) is 3.70. The number of carboxylic acid groups (broad SMARTS) is 1. The van der Waals surface area contributed by atoms with Crippen LogP contribution in [0.1, 0.15) is 13.3 Å². The Morgan fingerprint density at radius 2 is 2.09 bits per heavy atom. The van der Waals surface area contributed by atoms with E-state index >= 15 is 0 Å². The second kappa shape index (κ2) is 3.69. The van der Waals surface area contributed by atoms with E-state index in [4.69, 9.17) is 14.6 Å². The largest absolute Gasteiger partial charge is 0.477 e. The summed E-state index contributed by atoms with van der Waals surface area (Å²) in [4.78, 5) is 10.3. The molecule has 0 bridgehead atoms. The van der Waals surface area contributed by atoms with E-state index in [1.807, 2.05) is 6.92 Å². The first-order valence-electron chi connectivity index (χ1n) is 3.70. The van der Waals surface area contributed by atoms with Gasteiger partial charge in [-0.15, -0.1) is 0 Å². The SMILES string of the molecule is CCC1COC(C(=O)O)OC1. The first kappa shape index (κ1) is 8.49. The second-order valence-corrected chi connectivity index (χ2v) is 2.61. The van der Waals surface area contributed by atoms with E-state index in [1.165, 1.54) is 0 Å². The zero-order valence-electron chi connectivity index (χ0n) is 6.45. The van der Waals surface area contributed by atoms with Crippen molar-refractivity contribution in [3.8, 4) is 0 Å².